The first kappa shape index (κ1) is 24.7. The van der Waals surface area contributed by atoms with Gasteiger partial charge in [0.1, 0.15) is 12.4 Å². The molecule has 1 aromatic heterocycles. The van der Waals surface area contributed by atoms with Crippen LogP contribution in [0.3, 0.4) is 0 Å². The van der Waals surface area contributed by atoms with Crippen LogP contribution in [0, 0.1) is 5.82 Å². The normalized spacial score (nSPS) is 16.4. The molecule has 1 atom stereocenters. The van der Waals surface area contributed by atoms with Crippen molar-refractivity contribution < 1.29 is 13.9 Å². The maximum absolute atomic E-state index is 14.1. The second-order valence-electron chi connectivity index (χ2n) is 9.25. The molecule has 0 bridgehead atoms. The van der Waals surface area contributed by atoms with Crippen molar-refractivity contribution in [3.05, 3.63) is 52.6 Å². The maximum atomic E-state index is 14.1. The quantitative estimate of drug-likeness (QED) is 0.563. The smallest absolute Gasteiger partial charge is 0.262 e. The molecule has 3 aromatic rings. The van der Waals surface area contributed by atoms with E-state index in [0.717, 1.165) is 31.7 Å². The number of carbonyl (C=O) groups excluding carboxylic acids is 1. The minimum absolute atomic E-state index is 0.0364. The first-order chi connectivity index (χ1) is 16.8. The van der Waals surface area contributed by atoms with Gasteiger partial charge in [-0.05, 0) is 70.1 Å². The minimum atomic E-state index is -0.519. The third kappa shape index (κ3) is 5.45. The zero-order valence-electron chi connectivity index (χ0n) is 20.6. The lowest BCUT2D eigenvalue weighted by Gasteiger charge is -2.25. The molecule has 4 rings (SSSR count). The molecule has 8 nitrogen and oxygen atoms in total. The molecule has 1 aliphatic heterocycles. The maximum Gasteiger partial charge on any atom is 0.262 e. The van der Waals surface area contributed by atoms with E-state index in [1.165, 1.54) is 29.9 Å². The van der Waals surface area contributed by atoms with Crippen LogP contribution in [0.1, 0.15) is 27.2 Å². The number of aromatic nitrogens is 2. The molecule has 0 spiro atoms. The van der Waals surface area contributed by atoms with Gasteiger partial charge in [0.25, 0.3) is 5.56 Å². The first-order valence-electron chi connectivity index (χ1n) is 11.9. The van der Waals surface area contributed by atoms with Crippen LogP contribution in [0.25, 0.3) is 22.3 Å². The van der Waals surface area contributed by atoms with E-state index >= 15 is 0 Å². The summed E-state index contributed by atoms with van der Waals surface area (Å²) in [5.41, 5.74) is 1.62. The number of ether oxygens (including phenoxy) is 1. The summed E-state index contributed by atoms with van der Waals surface area (Å²) in [6.07, 6.45) is 1.01. The Morgan fingerprint density at radius 3 is 2.83 bits per heavy atom. The Hall–Kier alpha value is -3.46. The summed E-state index contributed by atoms with van der Waals surface area (Å²) in [6, 6.07) is 10.2. The highest BCUT2D eigenvalue weighted by Crippen LogP contribution is 2.27. The molecule has 1 aliphatic rings. The highest BCUT2D eigenvalue weighted by atomic mass is 19.1. The molecule has 9 heteroatoms. The zero-order valence-corrected chi connectivity index (χ0v) is 20.6. The van der Waals surface area contributed by atoms with Gasteiger partial charge in [0, 0.05) is 36.4 Å². The van der Waals surface area contributed by atoms with E-state index in [2.05, 4.69) is 22.5 Å². The molecule has 186 valence electrons. The molecule has 1 saturated heterocycles. The van der Waals surface area contributed by atoms with Crippen molar-refractivity contribution in [1.29, 1.82) is 0 Å². The van der Waals surface area contributed by atoms with Gasteiger partial charge in [-0.1, -0.05) is 0 Å². The van der Waals surface area contributed by atoms with Crippen molar-refractivity contribution in [2.75, 3.05) is 31.6 Å². The van der Waals surface area contributed by atoms with Crippen LogP contribution in [-0.2, 0) is 11.3 Å². The number of halogens is 1. The number of anilines is 1. The number of nitrogens with one attached hydrogen (secondary N) is 2. The van der Waals surface area contributed by atoms with Crippen molar-refractivity contribution >= 4 is 22.5 Å². The largest absolute Gasteiger partial charge is 0.494 e. The molecule has 2 heterocycles. The Bertz CT molecular complexity index is 1290. The molecule has 2 N–H and O–H groups in total. The molecule has 35 heavy (non-hydrogen) atoms. The Balaban J connectivity index is 1.85. The van der Waals surface area contributed by atoms with Crippen LogP contribution < -0.4 is 25.8 Å². The molecule has 2 aromatic carbocycles. The SMILES string of the molecule is COc1cc(-c2nc3ccc(N4CCCNC(C)C4)cc3c(=O)n2CC(=O)NC(C)C)ccc1F. The van der Waals surface area contributed by atoms with Gasteiger partial charge in [-0.15, -0.1) is 0 Å². The Labute approximate surface area is 204 Å². The lowest BCUT2D eigenvalue weighted by molar-refractivity contribution is -0.122. The van der Waals surface area contributed by atoms with Crippen molar-refractivity contribution in [3.63, 3.8) is 0 Å². The third-order valence-electron chi connectivity index (χ3n) is 6.06. The predicted octanol–water partition coefficient (Wildman–Crippen LogP) is 2.92. The van der Waals surface area contributed by atoms with Gasteiger partial charge in [-0.2, -0.15) is 0 Å². The number of methoxy groups -OCH3 is 1. The zero-order chi connectivity index (χ0) is 25.1. The second kappa shape index (κ2) is 10.4. The number of hydrogen-bond donors (Lipinski definition) is 2. The molecule has 0 aliphatic carbocycles. The van der Waals surface area contributed by atoms with Gasteiger partial charge in [0.05, 0.1) is 18.0 Å². The van der Waals surface area contributed by atoms with E-state index in [-0.39, 0.29) is 35.6 Å². The molecule has 0 saturated carbocycles. The Morgan fingerprint density at radius 1 is 1.29 bits per heavy atom. The van der Waals surface area contributed by atoms with Crippen LogP contribution >= 0.6 is 0 Å². The summed E-state index contributed by atoms with van der Waals surface area (Å²) in [7, 11) is 1.37. The predicted molar refractivity (Wildman–Crippen MR) is 136 cm³/mol. The van der Waals surface area contributed by atoms with E-state index in [1.54, 1.807) is 0 Å². The van der Waals surface area contributed by atoms with Crippen LogP contribution in [0.5, 0.6) is 5.75 Å². The highest BCUT2D eigenvalue weighted by Gasteiger charge is 2.20. The molecular weight excluding hydrogens is 449 g/mol. The molecule has 1 unspecified atom stereocenters. The molecular formula is C26H32FN5O3. The summed E-state index contributed by atoms with van der Waals surface area (Å²) < 4.78 is 20.5. The van der Waals surface area contributed by atoms with Gasteiger partial charge in [-0.3, -0.25) is 14.2 Å². The number of rotatable bonds is 6. The number of benzene rings is 2. The minimum Gasteiger partial charge on any atom is -0.494 e. The van der Waals surface area contributed by atoms with E-state index in [1.807, 2.05) is 32.0 Å². The third-order valence-corrected chi connectivity index (χ3v) is 6.06. The van der Waals surface area contributed by atoms with Gasteiger partial charge < -0.3 is 20.3 Å². The van der Waals surface area contributed by atoms with Crippen molar-refractivity contribution in [3.8, 4) is 17.1 Å². The average Bonchev–Trinajstić information content (AvgIpc) is 3.05. The van der Waals surface area contributed by atoms with Gasteiger partial charge in [0.15, 0.2) is 11.6 Å². The topological polar surface area (TPSA) is 88.5 Å². The van der Waals surface area contributed by atoms with E-state index < -0.39 is 5.82 Å². The van der Waals surface area contributed by atoms with Gasteiger partial charge in [0.2, 0.25) is 5.91 Å². The number of carbonyl (C=O) groups is 1. The lowest BCUT2D eigenvalue weighted by atomic mass is 10.1. The number of fused-ring (bicyclic) bond motifs is 1. The first-order valence-corrected chi connectivity index (χ1v) is 11.9. The highest BCUT2D eigenvalue weighted by molar-refractivity contribution is 5.84. The monoisotopic (exact) mass is 481 g/mol. The van der Waals surface area contributed by atoms with Crippen LogP contribution in [0.4, 0.5) is 10.1 Å². The van der Waals surface area contributed by atoms with Crippen molar-refractivity contribution in [1.82, 2.24) is 20.2 Å². The van der Waals surface area contributed by atoms with Gasteiger partial charge >= 0.3 is 0 Å². The van der Waals surface area contributed by atoms with Gasteiger partial charge in [-0.25, -0.2) is 9.37 Å². The average molecular weight is 482 g/mol. The summed E-state index contributed by atoms with van der Waals surface area (Å²) in [5, 5.41) is 6.73. The molecule has 0 radical (unpaired) electrons. The fourth-order valence-corrected chi connectivity index (χ4v) is 4.42. The summed E-state index contributed by atoms with van der Waals surface area (Å²) in [6.45, 7) is 8.32. The summed E-state index contributed by atoms with van der Waals surface area (Å²) >= 11 is 0. The number of hydrogen-bond acceptors (Lipinski definition) is 6. The van der Waals surface area contributed by atoms with Crippen LogP contribution in [0.15, 0.2) is 41.2 Å². The fourth-order valence-electron chi connectivity index (χ4n) is 4.42. The van der Waals surface area contributed by atoms with Crippen molar-refractivity contribution in [2.24, 2.45) is 0 Å². The number of nitrogens with zero attached hydrogens (tertiary/aromatic N) is 3. The fraction of sp³-hybridized carbons (Fsp3) is 0.423. The van der Waals surface area contributed by atoms with E-state index in [9.17, 15) is 14.0 Å². The lowest BCUT2D eigenvalue weighted by Crippen LogP contribution is -2.37. The van der Waals surface area contributed by atoms with Crippen LogP contribution in [0.2, 0.25) is 0 Å². The molecule has 1 amide bonds. The Kier molecular flexibility index (Phi) is 7.35. The van der Waals surface area contributed by atoms with E-state index in [4.69, 9.17) is 9.72 Å². The second-order valence-corrected chi connectivity index (χ2v) is 9.25. The van der Waals surface area contributed by atoms with Crippen LogP contribution in [-0.4, -0.2) is 54.3 Å². The summed E-state index contributed by atoms with van der Waals surface area (Å²) in [5.74, 6) is -0.509. The standard InChI is InChI=1S/C26H32FN5O3/c1-16(2)29-24(33)15-32-25(18-6-8-21(27)23(12-18)35-4)30-22-9-7-19(13-20(22)26(32)34)31-11-5-10-28-17(3)14-31/h6-9,12-13,16-17,28H,5,10-11,14-15H2,1-4H3,(H,29,33). The van der Waals surface area contributed by atoms with E-state index in [0.29, 0.717) is 22.5 Å². The Morgan fingerprint density at radius 2 is 2.09 bits per heavy atom. The summed E-state index contributed by atoms with van der Waals surface area (Å²) in [4.78, 5) is 33.4. The molecule has 1 fully saturated rings. The number of amides is 1. The van der Waals surface area contributed by atoms with Crippen molar-refractivity contribution in [2.45, 2.75) is 45.8 Å².